The molecule has 1 saturated carbocycles. The van der Waals surface area contributed by atoms with Crippen LogP contribution in [0.25, 0.3) is 11.6 Å². The van der Waals surface area contributed by atoms with Gasteiger partial charge < -0.3 is 15.2 Å². The van der Waals surface area contributed by atoms with E-state index < -0.39 is 0 Å². The molecule has 3 rings (SSSR count). The van der Waals surface area contributed by atoms with E-state index in [0.717, 1.165) is 12.8 Å². The second-order valence-electron chi connectivity index (χ2n) is 4.34. The van der Waals surface area contributed by atoms with E-state index in [0.29, 0.717) is 24.0 Å². The van der Waals surface area contributed by atoms with Crippen molar-refractivity contribution >= 4 is 0 Å². The fraction of sp³-hybridized carbons (Fsp3) is 0.500. The molecule has 0 aliphatic heterocycles. The molecule has 0 unspecified atom stereocenters. The van der Waals surface area contributed by atoms with E-state index in [4.69, 9.17) is 10.3 Å². The third kappa shape index (κ3) is 1.61. The summed E-state index contributed by atoms with van der Waals surface area (Å²) < 4.78 is 5.16. The first kappa shape index (κ1) is 9.53. The van der Waals surface area contributed by atoms with Gasteiger partial charge in [0.1, 0.15) is 0 Å². The fourth-order valence-corrected chi connectivity index (χ4v) is 1.92. The van der Waals surface area contributed by atoms with E-state index in [2.05, 4.69) is 20.1 Å². The highest BCUT2D eigenvalue weighted by molar-refractivity contribution is 5.40. The van der Waals surface area contributed by atoms with Crippen molar-refractivity contribution in [2.75, 3.05) is 0 Å². The van der Waals surface area contributed by atoms with Crippen LogP contribution in [0.4, 0.5) is 0 Å². The van der Waals surface area contributed by atoms with Crippen LogP contribution in [0.15, 0.2) is 16.9 Å². The Bertz CT molecular complexity index is 471. The maximum absolute atomic E-state index is 6.11. The molecule has 2 aromatic rings. The number of hydrogen-bond donors (Lipinski definition) is 2. The van der Waals surface area contributed by atoms with Gasteiger partial charge in [-0.1, -0.05) is 5.16 Å². The number of aromatic nitrogens is 4. The van der Waals surface area contributed by atoms with Crippen LogP contribution >= 0.6 is 0 Å². The van der Waals surface area contributed by atoms with Gasteiger partial charge in [0.05, 0.1) is 0 Å². The van der Waals surface area contributed by atoms with E-state index >= 15 is 0 Å². The van der Waals surface area contributed by atoms with Crippen LogP contribution in [0.1, 0.15) is 25.2 Å². The highest BCUT2D eigenvalue weighted by Gasteiger charge is 2.34. The molecular weight excluding hydrogens is 206 g/mol. The largest absolute Gasteiger partial charge is 0.342 e. The Labute approximate surface area is 92.3 Å². The van der Waals surface area contributed by atoms with Gasteiger partial charge >= 0.3 is 0 Å². The molecule has 3 N–H and O–H groups in total. The third-order valence-electron chi connectivity index (χ3n) is 3.03. The second kappa shape index (κ2) is 3.41. The first-order valence-electron chi connectivity index (χ1n) is 5.36. The number of rotatable bonds is 3. The summed E-state index contributed by atoms with van der Waals surface area (Å²) in [5, 5.41) is 3.87. The number of nitrogens with one attached hydrogen (secondary N) is 1. The smallest absolute Gasteiger partial charge is 0.238 e. The van der Waals surface area contributed by atoms with Gasteiger partial charge in [-0.05, 0) is 19.3 Å². The lowest BCUT2D eigenvalue weighted by molar-refractivity contribution is 0.222. The zero-order valence-corrected chi connectivity index (χ0v) is 8.81. The summed E-state index contributed by atoms with van der Waals surface area (Å²) in [5.41, 5.74) is 5.98. The summed E-state index contributed by atoms with van der Waals surface area (Å²) in [4.78, 5) is 11.3. The molecule has 2 heterocycles. The zero-order chi connectivity index (χ0) is 11.0. The molecule has 0 aromatic carbocycles. The zero-order valence-electron chi connectivity index (χ0n) is 8.81. The molecule has 1 aliphatic carbocycles. The highest BCUT2D eigenvalue weighted by Crippen LogP contribution is 2.32. The quantitative estimate of drug-likeness (QED) is 0.799. The second-order valence-corrected chi connectivity index (χ2v) is 4.34. The molecule has 2 aromatic heterocycles. The standard InChI is InChI=1S/C10H13N5O/c11-10(2-1-3-10)6-7-14-9(15-16-7)8-12-4-5-13-8/h4-5H,1-3,6,11H2,(H,12,13). The van der Waals surface area contributed by atoms with Crippen molar-refractivity contribution in [2.24, 2.45) is 5.73 Å². The van der Waals surface area contributed by atoms with E-state index in [1.54, 1.807) is 12.4 Å². The van der Waals surface area contributed by atoms with Crippen LogP contribution < -0.4 is 5.73 Å². The Hall–Kier alpha value is -1.69. The normalized spacial score (nSPS) is 18.3. The van der Waals surface area contributed by atoms with Crippen molar-refractivity contribution in [1.29, 1.82) is 0 Å². The van der Waals surface area contributed by atoms with Crippen molar-refractivity contribution in [2.45, 2.75) is 31.2 Å². The van der Waals surface area contributed by atoms with Crippen LogP contribution in [0, 0.1) is 0 Å². The molecule has 84 valence electrons. The van der Waals surface area contributed by atoms with E-state index in [1.165, 1.54) is 6.42 Å². The lowest BCUT2D eigenvalue weighted by atomic mass is 9.75. The molecule has 0 bridgehead atoms. The summed E-state index contributed by atoms with van der Waals surface area (Å²) in [7, 11) is 0. The molecule has 6 heteroatoms. The lowest BCUT2D eigenvalue weighted by Gasteiger charge is -2.36. The van der Waals surface area contributed by atoms with Gasteiger partial charge in [0.15, 0.2) is 5.82 Å². The van der Waals surface area contributed by atoms with Crippen molar-refractivity contribution in [1.82, 2.24) is 20.1 Å². The van der Waals surface area contributed by atoms with Gasteiger partial charge in [0, 0.05) is 24.4 Å². The minimum atomic E-state index is -0.132. The SMILES string of the molecule is NC1(Cc2nc(-c3ncc[nH]3)no2)CCC1. The molecule has 0 radical (unpaired) electrons. The number of nitrogens with two attached hydrogens (primary N) is 1. The molecule has 1 fully saturated rings. The van der Waals surface area contributed by atoms with Crippen molar-refractivity contribution < 1.29 is 4.52 Å². The van der Waals surface area contributed by atoms with E-state index in [9.17, 15) is 0 Å². The molecule has 1 aliphatic rings. The summed E-state index contributed by atoms with van der Waals surface area (Å²) in [6.45, 7) is 0. The molecule has 0 saturated heterocycles. The Morgan fingerprint density at radius 3 is 3.00 bits per heavy atom. The molecule has 16 heavy (non-hydrogen) atoms. The number of H-pyrrole nitrogens is 1. The lowest BCUT2D eigenvalue weighted by Crippen LogP contribution is -2.48. The summed E-state index contributed by atoms with van der Waals surface area (Å²) in [6.07, 6.45) is 7.29. The van der Waals surface area contributed by atoms with Gasteiger partial charge in [-0.25, -0.2) is 4.98 Å². The van der Waals surface area contributed by atoms with E-state index in [-0.39, 0.29) is 5.54 Å². The molecule has 0 amide bonds. The van der Waals surface area contributed by atoms with Crippen LogP contribution in [0.3, 0.4) is 0 Å². The van der Waals surface area contributed by atoms with Gasteiger partial charge in [0.2, 0.25) is 11.7 Å². The van der Waals surface area contributed by atoms with Crippen LogP contribution in [0.2, 0.25) is 0 Å². The van der Waals surface area contributed by atoms with Gasteiger partial charge in [-0.15, -0.1) is 0 Å². The molecule has 6 nitrogen and oxygen atoms in total. The Kier molecular flexibility index (Phi) is 2.03. The van der Waals surface area contributed by atoms with Crippen LogP contribution in [-0.4, -0.2) is 25.6 Å². The Balaban J connectivity index is 1.78. The van der Waals surface area contributed by atoms with Gasteiger partial charge in [-0.3, -0.25) is 0 Å². The summed E-state index contributed by atoms with van der Waals surface area (Å²) >= 11 is 0. The number of aromatic amines is 1. The maximum atomic E-state index is 6.11. The topological polar surface area (TPSA) is 93.6 Å². The van der Waals surface area contributed by atoms with Gasteiger partial charge in [0.25, 0.3) is 0 Å². The molecule has 0 atom stereocenters. The van der Waals surface area contributed by atoms with Crippen molar-refractivity contribution in [3.8, 4) is 11.6 Å². The predicted octanol–water partition coefficient (Wildman–Crippen LogP) is 0.884. The predicted molar refractivity (Wildman–Crippen MR) is 56.4 cm³/mol. The van der Waals surface area contributed by atoms with E-state index in [1.807, 2.05) is 0 Å². The van der Waals surface area contributed by atoms with Gasteiger partial charge in [-0.2, -0.15) is 4.98 Å². The molecule has 0 spiro atoms. The monoisotopic (exact) mass is 219 g/mol. The number of imidazole rings is 1. The first-order chi connectivity index (χ1) is 7.75. The third-order valence-corrected chi connectivity index (χ3v) is 3.03. The first-order valence-corrected chi connectivity index (χ1v) is 5.36. The van der Waals surface area contributed by atoms with Crippen LogP contribution in [-0.2, 0) is 6.42 Å². The van der Waals surface area contributed by atoms with Crippen molar-refractivity contribution in [3.63, 3.8) is 0 Å². The fourth-order valence-electron chi connectivity index (χ4n) is 1.92. The summed E-state index contributed by atoms with van der Waals surface area (Å²) in [6, 6.07) is 0. The maximum Gasteiger partial charge on any atom is 0.238 e. The van der Waals surface area contributed by atoms with Crippen molar-refractivity contribution in [3.05, 3.63) is 18.3 Å². The Morgan fingerprint density at radius 1 is 1.50 bits per heavy atom. The number of hydrogen-bond acceptors (Lipinski definition) is 5. The Morgan fingerprint density at radius 2 is 2.38 bits per heavy atom. The average Bonchev–Trinajstić information content (AvgIpc) is 2.83. The molecular formula is C10H13N5O. The number of nitrogens with zero attached hydrogens (tertiary/aromatic N) is 3. The minimum Gasteiger partial charge on any atom is -0.342 e. The minimum absolute atomic E-state index is 0.132. The summed E-state index contributed by atoms with van der Waals surface area (Å²) in [5.74, 6) is 1.70. The highest BCUT2D eigenvalue weighted by atomic mass is 16.5. The average molecular weight is 219 g/mol. The van der Waals surface area contributed by atoms with Crippen LogP contribution in [0.5, 0.6) is 0 Å².